The van der Waals surface area contributed by atoms with E-state index in [2.05, 4.69) is 13.5 Å². The largest absolute Gasteiger partial charge is 0.392 e. The number of aliphatic hydroxyl groups is 2. The minimum Gasteiger partial charge on any atom is -0.392 e. The fraction of sp³-hybridized carbons (Fsp3) is 0.909. The molecule has 0 unspecified atom stereocenters. The molecule has 0 radical (unpaired) electrons. The van der Waals surface area contributed by atoms with E-state index in [0.29, 0.717) is 36.0 Å². The molecule has 4 aliphatic rings. The van der Waals surface area contributed by atoms with Crippen LogP contribution in [0.1, 0.15) is 64.7 Å². The van der Waals surface area contributed by atoms with E-state index in [1.54, 1.807) is 0 Å². The Kier molecular flexibility index (Phi) is 4.56. The Morgan fingerprint density at radius 1 is 1.04 bits per heavy atom. The lowest BCUT2D eigenvalue weighted by molar-refractivity contribution is -0.110. The van der Waals surface area contributed by atoms with Crippen LogP contribution in [0.4, 0.5) is 4.39 Å². The van der Waals surface area contributed by atoms with Crippen LogP contribution < -0.4 is 0 Å². The van der Waals surface area contributed by atoms with Crippen molar-refractivity contribution in [3.63, 3.8) is 0 Å². The molecule has 8 atom stereocenters. The quantitative estimate of drug-likeness (QED) is 0.736. The molecule has 3 heteroatoms. The zero-order valence-electron chi connectivity index (χ0n) is 15.7. The number of alkyl halides is 1. The summed E-state index contributed by atoms with van der Waals surface area (Å²) in [6, 6.07) is 0. The van der Waals surface area contributed by atoms with Crippen molar-refractivity contribution >= 4 is 0 Å². The highest BCUT2D eigenvalue weighted by Crippen LogP contribution is 2.65. The maximum Gasteiger partial charge on any atom is 0.118 e. The summed E-state index contributed by atoms with van der Waals surface area (Å²) in [7, 11) is 0. The van der Waals surface area contributed by atoms with Crippen LogP contribution in [-0.2, 0) is 0 Å². The van der Waals surface area contributed by atoms with Crippen molar-refractivity contribution < 1.29 is 14.6 Å². The van der Waals surface area contributed by atoms with Crippen molar-refractivity contribution in [2.24, 2.45) is 40.9 Å². The number of fused-ring (bicyclic) bond motifs is 5. The highest BCUT2D eigenvalue weighted by atomic mass is 19.1. The molecule has 142 valence electrons. The predicted molar refractivity (Wildman–Crippen MR) is 97.8 cm³/mol. The molecule has 0 aromatic heterocycles. The molecule has 4 fully saturated rings. The molecule has 4 saturated carbocycles. The van der Waals surface area contributed by atoms with Crippen molar-refractivity contribution in [3.05, 3.63) is 12.2 Å². The smallest absolute Gasteiger partial charge is 0.118 e. The maximum absolute atomic E-state index is 13.3. The van der Waals surface area contributed by atoms with Crippen LogP contribution in [0.15, 0.2) is 12.2 Å². The zero-order chi connectivity index (χ0) is 17.8. The molecule has 0 aliphatic heterocycles. The average molecular weight is 351 g/mol. The van der Waals surface area contributed by atoms with Crippen molar-refractivity contribution in [1.82, 2.24) is 0 Å². The lowest BCUT2D eigenvalue weighted by atomic mass is 9.49. The summed E-state index contributed by atoms with van der Waals surface area (Å²) in [6.07, 6.45) is 9.79. The molecule has 4 rings (SSSR count). The Balaban J connectivity index is 1.52. The Labute approximate surface area is 151 Å². The SMILES string of the molecule is C=C(CO)[C@H]1CC[C@H]2[C@@H]3CC[C@H]4C[C@@](O)(CF)CC[C@@H]4[C@H]3CC[C@]12C. The topological polar surface area (TPSA) is 40.5 Å². The van der Waals surface area contributed by atoms with Gasteiger partial charge < -0.3 is 10.2 Å². The van der Waals surface area contributed by atoms with Crippen LogP contribution in [-0.4, -0.2) is 29.1 Å². The molecule has 0 bridgehead atoms. The summed E-state index contributed by atoms with van der Waals surface area (Å²) in [6.45, 7) is 6.19. The Morgan fingerprint density at radius 3 is 2.52 bits per heavy atom. The molecule has 0 heterocycles. The first-order chi connectivity index (χ1) is 11.9. The molecular weight excluding hydrogens is 315 g/mol. The van der Waals surface area contributed by atoms with E-state index >= 15 is 0 Å². The van der Waals surface area contributed by atoms with Gasteiger partial charge in [-0.25, -0.2) is 4.39 Å². The van der Waals surface area contributed by atoms with E-state index in [4.69, 9.17) is 0 Å². The van der Waals surface area contributed by atoms with Crippen LogP contribution in [0.3, 0.4) is 0 Å². The average Bonchev–Trinajstić information content (AvgIpc) is 2.98. The molecule has 0 saturated heterocycles. The van der Waals surface area contributed by atoms with E-state index in [-0.39, 0.29) is 6.61 Å². The van der Waals surface area contributed by atoms with Gasteiger partial charge in [-0.3, -0.25) is 0 Å². The van der Waals surface area contributed by atoms with E-state index in [9.17, 15) is 14.6 Å². The molecule has 2 N–H and O–H groups in total. The Hall–Kier alpha value is -0.410. The van der Waals surface area contributed by atoms with Gasteiger partial charge in [0.25, 0.3) is 0 Å². The highest BCUT2D eigenvalue weighted by Gasteiger charge is 2.57. The lowest BCUT2D eigenvalue weighted by Crippen LogP contribution is -2.51. The van der Waals surface area contributed by atoms with E-state index < -0.39 is 12.3 Å². The second kappa shape index (κ2) is 6.34. The molecule has 25 heavy (non-hydrogen) atoms. The first-order valence-corrected chi connectivity index (χ1v) is 10.5. The summed E-state index contributed by atoms with van der Waals surface area (Å²) >= 11 is 0. The van der Waals surface area contributed by atoms with Gasteiger partial charge in [0.15, 0.2) is 0 Å². The van der Waals surface area contributed by atoms with Gasteiger partial charge in [-0.2, -0.15) is 0 Å². The molecule has 0 amide bonds. The third kappa shape index (κ3) is 2.72. The van der Waals surface area contributed by atoms with Crippen molar-refractivity contribution in [1.29, 1.82) is 0 Å². The van der Waals surface area contributed by atoms with Gasteiger partial charge in [-0.1, -0.05) is 13.5 Å². The number of hydrogen-bond acceptors (Lipinski definition) is 2. The lowest BCUT2D eigenvalue weighted by Gasteiger charge is -2.57. The summed E-state index contributed by atoms with van der Waals surface area (Å²) < 4.78 is 13.3. The third-order valence-electron chi connectivity index (χ3n) is 9.05. The second-order valence-electron chi connectivity index (χ2n) is 10.0. The second-order valence-corrected chi connectivity index (χ2v) is 10.0. The number of halogens is 1. The van der Waals surface area contributed by atoms with Gasteiger partial charge in [0, 0.05) is 0 Å². The standard InChI is InChI=1S/C22H35FO2/c1-14(12-24)19-5-6-20-18-4-3-15-11-22(25,13-23)10-8-16(15)17(18)7-9-21(19,20)2/h15-20,24-25H,1,3-13H2,2H3/t15-,16-,17+,18+,19+,20-,21+,22+/m0/s1. The molecule has 0 aromatic rings. The number of hydrogen-bond donors (Lipinski definition) is 2. The summed E-state index contributed by atoms with van der Waals surface area (Å²) in [4.78, 5) is 0. The van der Waals surface area contributed by atoms with Crippen molar-refractivity contribution in [2.45, 2.75) is 70.3 Å². The number of aliphatic hydroxyl groups excluding tert-OH is 1. The predicted octanol–water partition coefficient (Wildman–Crippen LogP) is 4.50. The fourth-order valence-corrected chi connectivity index (χ4v) is 7.86. The first kappa shape index (κ1) is 18.0. The Bertz CT molecular complexity index is 534. The summed E-state index contributed by atoms with van der Waals surface area (Å²) in [5.41, 5.74) is 0.333. The van der Waals surface area contributed by atoms with E-state index in [0.717, 1.165) is 29.7 Å². The van der Waals surface area contributed by atoms with Crippen LogP contribution in [0.5, 0.6) is 0 Å². The monoisotopic (exact) mass is 350 g/mol. The third-order valence-corrected chi connectivity index (χ3v) is 9.05. The molecule has 2 nitrogen and oxygen atoms in total. The molecule has 4 aliphatic carbocycles. The molecular formula is C22H35FO2. The van der Waals surface area contributed by atoms with Crippen LogP contribution in [0.2, 0.25) is 0 Å². The van der Waals surface area contributed by atoms with Crippen LogP contribution in [0, 0.1) is 40.9 Å². The van der Waals surface area contributed by atoms with Gasteiger partial charge in [0.05, 0.1) is 12.2 Å². The van der Waals surface area contributed by atoms with Crippen molar-refractivity contribution in [3.8, 4) is 0 Å². The molecule has 0 spiro atoms. The summed E-state index contributed by atoms with van der Waals surface area (Å²) in [5, 5.41) is 20.0. The van der Waals surface area contributed by atoms with E-state index in [1.807, 2.05) is 0 Å². The van der Waals surface area contributed by atoms with Crippen LogP contribution >= 0.6 is 0 Å². The van der Waals surface area contributed by atoms with Gasteiger partial charge in [0.2, 0.25) is 0 Å². The Morgan fingerprint density at radius 2 is 1.80 bits per heavy atom. The van der Waals surface area contributed by atoms with Gasteiger partial charge in [-0.15, -0.1) is 0 Å². The van der Waals surface area contributed by atoms with Gasteiger partial charge in [-0.05, 0) is 104 Å². The summed E-state index contributed by atoms with van der Waals surface area (Å²) in [5.74, 6) is 4.07. The van der Waals surface area contributed by atoms with E-state index in [1.165, 1.54) is 38.5 Å². The fourth-order valence-electron chi connectivity index (χ4n) is 7.86. The van der Waals surface area contributed by atoms with Gasteiger partial charge in [0.1, 0.15) is 6.67 Å². The minimum absolute atomic E-state index is 0.133. The maximum atomic E-state index is 13.3. The van der Waals surface area contributed by atoms with Crippen molar-refractivity contribution in [2.75, 3.05) is 13.3 Å². The van der Waals surface area contributed by atoms with Crippen LogP contribution in [0.25, 0.3) is 0 Å². The zero-order valence-corrected chi connectivity index (χ0v) is 15.7. The number of rotatable bonds is 3. The van der Waals surface area contributed by atoms with Gasteiger partial charge >= 0.3 is 0 Å². The normalized spacial score (nSPS) is 52.2. The highest BCUT2D eigenvalue weighted by molar-refractivity contribution is 5.15. The first-order valence-electron chi connectivity index (χ1n) is 10.5. The molecule has 0 aromatic carbocycles. The minimum atomic E-state index is -1.03.